The van der Waals surface area contributed by atoms with E-state index >= 15 is 0 Å². The largest absolute Gasteiger partial charge is 0.479 e. The molecular formula is C18H17Cl2NO4. The van der Waals surface area contributed by atoms with E-state index < -0.39 is 24.1 Å². The minimum Gasteiger partial charge on any atom is -0.479 e. The van der Waals surface area contributed by atoms with Gasteiger partial charge in [-0.15, -0.1) is 0 Å². The first kappa shape index (κ1) is 19.1. The summed E-state index contributed by atoms with van der Waals surface area (Å²) in [5.41, 5.74) is 0.343. The maximum atomic E-state index is 12.2. The van der Waals surface area contributed by atoms with E-state index in [4.69, 9.17) is 32.7 Å². The molecule has 0 fully saturated rings. The topological polar surface area (TPSA) is 64.6 Å². The fourth-order valence-electron chi connectivity index (χ4n) is 1.90. The number of hydrogen-bond acceptors (Lipinski definition) is 4. The average molecular weight is 382 g/mol. The van der Waals surface area contributed by atoms with Crippen LogP contribution in [0.15, 0.2) is 48.5 Å². The molecule has 0 heterocycles. The summed E-state index contributed by atoms with van der Waals surface area (Å²) in [5, 5.41) is 3.33. The number of carbonyl (C=O) groups excluding carboxylic acids is 2. The third-order valence-corrected chi connectivity index (χ3v) is 3.80. The number of esters is 1. The first-order chi connectivity index (χ1) is 11.9. The van der Waals surface area contributed by atoms with Gasteiger partial charge in [-0.25, -0.2) is 4.79 Å². The number of ether oxygens (including phenoxy) is 2. The van der Waals surface area contributed by atoms with Crippen LogP contribution in [0.2, 0.25) is 10.0 Å². The van der Waals surface area contributed by atoms with E-state index in [1.54, 1.807) is 43.3 Å². The van der Waals surface area contributed by atoms with Gasteiger partial charge in [0.15, 0.2) is 12.2 Å². The Hall–Kier alpha value is -2.24. The van der Waals surface area contributed by atoms with Crippen LogP contribution in [0, 0.1) is 0 Å². The van der Waals surface area contributed by atoms with Gasteiger partial charge in [0.2, 0.25) is 0 Å². The van der Waals surface area contributed by atoms with Crippen molar-refractivity contribution in [1.82, 2.24) is 0 Å². The van der Waals surface area contributed by atoms with E-state index in [1.807, 2.05) is 6.07 Å². The second kappa shape index (κ2) is 8.74. The first-order valence-electron chi connectivity index (χ1n) is 7.55. The van der Waals surface area contributed by atoms with Gasteiger partial charge >= 0.3 is 5.97 Å². The summed E-state index contributed by atoms with van der Waals surface area (Å²) in [4.78, 5) is 24.2. The molecule has 5 nitrogen and oxygen atoms in total. The molecule has 1 N–H and O–H groups in total. The molecule has 0 aliphatic carbocycles. The zero-order chi connectivity index (χ0) is 18.4. The quantitative estimate of drug-likeness (QED) is 0.756. The Balaban J connectivity index is 1.91. The summed E-state index contributed by atoms with van der Waals surface area (Å²) in [6, 6.07) is 13.5. The van der Waals surface area contributed by atoms with Gasteiger partial charge in [-0.2, -0.15) is 0 Å². The van der Waals surface area contributed by atoms with E-state index in [2.05, 4.69) is 5.32 Å². The number of nitrogens with one attached hydrogen (secondary N) is 1. The summed E-state index contributed by atoms with van der Waals surface area (Å²) in [6.45, 7) is 3.01. The maximum Gasteiger partial charge on any atom is 0.347 e. The van der Waals surface area contributed by atoms with Crippen LogP contribution in [0.25, 0.3) is 0 Å². The lowest BCUT2D eigenvalue weighted by atomic mass is 10.3. The lowest BCUT2D eigenvalue weighted by molar-refractivity contribution is -0.159. The van der Waals surface area contributed by atoms with Gasteiger partial charge in [0.05, 0.1) is 10.7 Å². The lowest BCUT2D eigenvalue weighted by Gasteiger charge is -2.18. The van der Waals surface area contributed by atoms with Gasteiger partial charge < -0.3 is 14.8 Å². The van der Waals surface area contributed by atoms with Crippen LogP contribution in [-0.4, -0.2) is 24.1 Å². The third kappa shape index (κ3) is 5.66. The van der Waals surface area contributed by atoms with Crippen molar-refractivity contribution in [3.8, 4) is 5.75 Å². The number of anilines is 1. The molecule has 2 aromatic rings. The summed E-state index contributed by atoms with van der Waals surface area (Å²) >= 11 is 11.9. The Kier molecular flexibility index (Phi) is 6.67. The summed E-state index contributed by atoms with van der Waals surface area (Å²) in [7, 11) is 0. The summed E-state index contributed by atoms with van der Waals surface area (Å²) in [6.07, 6.45) is -1.88. The van der Waals surface area contributed by atoms with Gasteiger partial charge in [0.1, 0.15) is 5.75 Å². The van der Waals surface area contributed by atoms with Crippen LogP contribution < -0.4 is 10.1 Å². The molecule has 0 spiro atoms. The Labute approximate surface area is 155 Å². The molecule has 2 aromatic carbocycles. The molecule has 1 amide bonds. The number of rotatable bonds is 6. The highest BCUT2D eigenvalue weighted by Crippen LogP contribution is 2.25. The Bertz CT molecular complexity index is 752. The zero-order valence-corrected chi connectivity index (χ0v) is 15.2. The molecule has 7 heteroatoms. The standard InChI is InChI=1S/C18H17Cl2NO4/c1-11(17(22)21-16-10-13(19)8-9-15(16)20)25-18(23)12(2)24-14-6-4-3-5-7-14/h3-12H,1-2H3,(H,21,22)/t11-,12+/m1/s1. The Morgan fingerprint density at radius 1 is 1.00 bits per heavy atom. The van der Waals surface area contributed by atoms with Crippen LogP contribution in [0.5, 0.6) is 5.75 Å². The van der Waals surface area contributed by atoms with Gasteiger partial charge in [-0.3, -0.25) is 4.79 Å². The van der Waals surface area contributed by atoms with E-state index in [0.717, 1.165) is 0 Å². The number of halogens is 2. The highest BCUT2D eigenvalue weighted by atomic mass is 35.5. The van der Waals surface area contributed by atoms with Crippen LogP contribution in [0.3, 0.4) is 0 Å². The SMILES string of the molecule is C[C@H](Oc1ccccc1)C(=O)O[C@H](C)C(=O)Nc1cc(Cl)ccc1Cl. The molecule has 0 aromatic heterocycles. The predicted octanol–water partition coefficient (Wildman–Crippen LogP) is 4.33. The smallest absolute Gasteiger partial charge is 0.347 e. The molecule has 0 unspecified atom stereocenters. The van der Waals surface area contributed by atoms with Gasteiger partial charge in [-0.1, -0.05) is 41.4 Å². The van der Waals surface area contributed by atoms with Gasteiger partial charge in [-0.05, 0) is 44.2 Å². The molecule has 0 saturated carbocycles. The van der Waals surface area contributed by atoms with Crippen LogP contribution in [-0.2, 0) is 14.3 Å². The van der Waals surface area contributed by atoms with Crippen molar-refractivity contribution < 1.29 is 19.1 Å². The molecule has 0 bridgehead atoms. The molecule has 2 atom stereocenters. The highest BCUT2D eigenvalue weighted by Gasteiger charge is 2.23. The van der Waals surface area contributed by atoms with Crippen LogP contribution in [0.4, 0.5) is 5.69 Å². The monoisotopic (exact) mass is 381 g/mol. The first-order valence-corrected chi connectivity index (χ1v) is 8.30. The number of para-hydroxylation sites is 1. The van der Waals surface area contributed by atoms with Crippen molar-refractivity contribution in [3.63, 3.8) is 0 Å². The molecule has 0 radical (unpaired) electrons. The van der Waals surface area contributed by atoms with Crippen LogP contribution in [0.1, 0.15) is 13.8 Å². The molecular weight excluding hydrogens is 365 g/mol. The van der Waals surface area contributed by atoms with E-state index in [1.165, 1.54) is 13.0 Å². The average Bonchev–Trinajstić information content (AvgIpc) is 2.58. The number of carbonyl (C=O) groups is 2. The van der Waals surface area contributed by atoms with E-state index in [9.17, 15) is 9.59 Å². The van der Waals surface area contributed by atoms with Gasteiger partial charge in [0.25, 0.3) is 5.91 Å². The van der Waals surface area contributed by atoms with Crippen molar-refractivity contribution in [2.75, 3.05) is 5.32 Å². The second-order valence-electron chi connectivity index (χ2n) is 5.27. The van der Waals surface area contributed by atoms with Crippen LogP contribution >= 0.6 is 23.2 Å². The second-order valence-corrected chi connectivity index (χ2v) is 6.11. The van der Waals surface area contributed by atoms with Crippen molar-refractivity contribution in [2.24, 2.45) is 0 Å². The molecule has 0 aliphatic heterocycles. The predicted molar refractivity (Wildman–Crippen MR) is 97.2 cm³/mol. The molecule has 0 aliphatic rings. The lowest BCUT2D eigenvalue weighted by Crippen LogP contribution is -2.35. The fraction of sp³-hybridized carbons (Fsp3) is 0.222. The zero-order valence-electron chi connectivity index (χ0n) is 13.7. The van der Waals surface area contributed by atoms with Crippen molar-refractivity contribution in [2.45, 2.75) is 26.1 Å². The number of benzene rings is 2. The molecule has 132 valence electrons. The summed E-state index contributed by atoms with van der Waals surface area (Å²) in [5.74, 6) is -0.636. The number of amides is 1. The third-order valence-electron chi connectivity index (χ3n) is 3.24. The van der Waals surface area contributed by atoms with E-state index in [-0.39, 0.29) is 0 Å². The molecule has 25 heavy (non-hydrogen) atoms. The minimum absolute atomic E-state index is 0.331. The molecule has 2 rings (SSSR count). The van der Waals surface area contributed by atoms with Crippen molar-refractivity contribution in [3.05, 3.63) is 58.6 Å². The maximum absolute atomic E-state index is 12.2. The fourth-order valence-corrected chi connectivity index (χ4v) is 2.24. The normalized spacial score (nSPS) is 12.8. The highest BCUT2D eigenvalue weighted by molar-refractivity contribution is 6.35. The van der Waals surface area contributed by atoms with Crippen molar-refractivity contribution >= 4 is 40.8 Å². The van der Waals surface area contributed by atoms with Gasteiger partial charge in [0, 0.05) is 5.02 Å². The Morgan fingerprint density at radius 2 is 1.68 bits per heavy atom. The Morgan fingerprint density at radius 3 is 2.36 bits per heavy atom. The van der Waals surface area contributed by atoms with Crippen molar-refractivity contribution in [1.29, 1.82) is 0 Å². The summed E-state index contributed by atoms with van der Waals surface area (Å²) < 4.78 is 10.6. The molecule has 0 saturated heterocycles. The van der Waals surface area contributed by atoms with E-state index in [0.29, 0.717) is 21.5 Å². The number of hydrogen-bond donors (Lipinski definition) is 1. The minimum atomic E-state index is -1.02.